The molecule has 2 aromatic heterocycles. The molecule has 0 amide bonds. The lowest BCUT2D eigenvalue weighted by molar-refractivity contribution is -0.384. The van der Waals surface area contributed by atoms with Crippen molar-refractivity contribution < 1.29 is 9.66 Å². The fourth-order valence-corrected chi connectivity index (χ4v) is 1.93. The molecule has 1 N–H and O–H groups in total. The first-order valence-electron chi connectivity index (χ1n) is 6.79. The van der Waals surface area contributed by atoms with Crippen molar-refractivity contribution in [1.29, 1.82) is 0 Å². The summed E-state index contributed by atoms with van der Waals surface area (Å²) in [5.41, 5.74) is 1.53. The maximum absolute atomic E-state index is 10.7. The van der Waals surface area contributed by atoms with Crippen LogP contribution in [0.25, 0.3) is 11.2 Å². The van der Waals surface area contributed by atoms with Gasteiger partial charge in [0.05, 0.1) is 17.7 Å². The molecule has 0 saturated carbocycles. The summed E-state index contributed by atoms with van der Waals surface area (Å²) >= 11 is 0. The van der Waals surface area contributed by atoms with E-state index in [0.717, 1.165) is 0 Å². The van der Waals surface area contributed by atoms with Crippen LogP contribution >= 0.6 is 0 Å². The molecule has 0 bridgehead atoms. The molecule has 1 aromatic carbocycles. The third-order valence-electron chi connectivity index (χ3n) is 2.96. The van der Waals surface area contributed by atoms with E-state index in [4.69, 9.17) is 4.74 Å². The number of benzene rings is 1. The van der Waals surface area contributed by atoms with Crippen LogP contribution in [0.3, 0.4) is 0 Å². The van der Waals surface area contributed by atoms with Crippen LogP contribution in [0.1, 0.15) is 6.92 Å². The third kappa shape index (κ3) is 3.12. The molecule has 0 aliphatic carbocycles. The molecule has 0 fully saturated rings. The van der Waals surface area contributed by atoms with Crippen LogP contribution in [0, 0.1) is 10.1 Å². The summed E-state index contributed by atoms with van der Waals surface area (Å²) in [7, 11) is 0. The Morgan fingerprint density at radius 3 is 2.70 bits per heavy atom. The molecule has 9 heteroatoms. The van der Waals surface area contributed by atoms with Gasteiger partial charge in [-0.3, -0.25) is 10.1 Å². The number of nitrogens with one attached hydrogen (secondary N) is 1. The van der Waals surface area contributed by atoms with Gasteiger partial charge in [-0.25, -0.2) is 19.9 Å². The molecular weight excluding hydrogens is 300 g/mol. The van der Waals surface area contributed by atoms with Gasteiger partial charge in [-0.05, 0) is 19.1 Å². The smallest absolute Gasteiger partial charge is 0.269 e. The monoisotopic (exact) mass is 312 g/mol. The molecule has 0 atom stereocenters. The van der Waals surface area contributed by atoms with Crippen LogP contribution in [-0.4, -0.2) is 31.5 Å². The average molecular weight is 312 g/mol. The van der Waals surface area contributed by atoms with Gasteiger partial charge in [0.1, 0.15) is 6.33 Å². The minimum Gasteiger partial charge on any atom is -0.477 e. The van der Waals surface area contributed by atoms with Crippen LogP contribution in [0.5, 0.6) is 5.88 Å². The lowest BCUT2D eigenvalue weighted by Crippen LogP contribution is -2.01. The van der Waals surface area contributed by atoms with Crippen LogP contribution < -0.4 is 10.1 Å². The van der Waals surface area contributed by atoms with E-state index in [1.54, 1.807) is 12.1 Å². The number of hydrogen-bond acceptors (Lipinski definition) is 8. The molecule has 0 radical (unpaired) electrons. The molecule has 3 aromatic rings. The average Bonchev–Trinajstić information content (AvgIpc) is 2.56. The number of non-ortho nitro benzene ring substituents is 1. The summed E-state index contributed by atoms with van der Waals surface area (Å²) in [6.45, 7) is 2.32. The SMILES string of the molecule is CCOc1cnc2ncnc(Nc3ccc([N+](=O)[O-])cc3)c2n1. The summed E-state index contributed by atoms with van der Waals surface area (Å²) in [6.07, 6.45) is 2.86. The third-order valence-corrected chi connectivity index (χ3v) is 2.96. The van der Waals surface area contributed by atoms with E-state index in [-0.39, 0.29) is 5.69 Å². The van der Waals surface area contributed by atoms with Gasteiger partial charge in [0.2, 0.25) is 5.88 Å². The number of anilines is 2. The van der Waals surface area contributed by atoms with E-state index < -0.39 is 4.92 Å². The highest BCUT2D eigenvalue weighted by molar-refractivity contribution is 5.84. The predicted octanol–water partition coefficient (Wildman–Crippen LogP) is 2.47. The summed E-state index contributed by atoms with van der Waals surface area (Å²) in [6, 6.07) is 5.99. The van der Waals surface area contributed by atoms with Crippen molar-refractivity contribution in [2.75, 3.05) is 11.9 Å². The summed E-state index contributed by atoms with van der Waals surface area (Å²) in [5, 5.41) is 13.7. The lowest BCUT2D eigenvalue weighted by Gasteiger charge is -2.08. The van der Waals surface area contributed by atoms with Crippen LogP contribution in [0.4, 0.5) is 17.2 Å². The second-order valence-electron chi connectivity index (χ2n) is 4.46. The molecule has 0 aliphatic rings. The summed E-state index contributed by atoms with van der Waals surface area (Å²) in [5.74, 6) is 0.819. The highest BCUT2D eigenvalue weighted by Crippen LogP contribution is 2.23. The summed E-state index contributed by atoms with van der Waals surface area (Å²) in [4.78, 5) is 26.9. The fourth-order valence-electron chi connectivity index (χ4n) is 1.93. The Bertz CT molecular complexity index is 853. The first-order chi connectivity index (χ1) is 11.2. The molecule has 9 nitrogen and oxygen atoms in total. The second kappa shape index (κ2) is 6.18. The van der Waals surface area contributed by atoms with Crippen LogP contribution in [-0.2, 0) is 0 Å². The van der Waals surface area contributed by atoms with Crippen molar-refractivity contribution in [2.24, 2.45) is 0 Å². The van der Waals surface area contributed by atoms with Gasteiger partial charge in [0.25, 0.3) is 5.69 Å². The van der Waals surface area contributed by atoms with E-state index in [1.807, 2.05) is 6.92 Å². The number of hydrogen-bond donors (Lipinski definition) is 1. The Morgan fingerprint density at radius 2 is 2.00 bits per heavy atom. The van der Waals surface area contributed by atoms with Gasteiger partial charge in [-0.15, -0.1) is 0 Å². The molecular formula is C14H12N6O3. The molecule has 0 unspecified atom stereocenters. The zero-order valence-corrected chi connectivity index (χ0v) is 12.1. The molecule has 0 saturated heterocycles. The topological polar surface area (TPSA) is 116 Å². The first-order valence-corrected chi connectivity index (χ1v) is 6.79. The number of nitro benzene ring substituents is 1. The summed E-state index contributed by atoms with van der Waals surface area (Å²) < 4.78 is 5.33. The van der Waals surface area contributed by atoms with Crippen molar-refractivity contribution in [3.8, 4) is 5.88 Å². The second-order valence-corrected chi connectivity index (χ2v) is 4.46. The molecule has 0 aliphatic heterocycles. The molecule has 0 spiro atoms. The lowest BCUT2D eigenvalue weighted by atomic mass is 10.3. The highest BCUT2D eigenvalue weighted by atomic mass is 16.6. The number of nitro groups is 1. The van der Waals surface area contributed by atoms with Crippen LogP contribution in [0.2, 0.25) is 0 Å². The van der Waals surface area contributed by atoms with Crippen molar-refractivity contribution in [1.82, 2.24) is 19.9 Å². The normalized spacial score (nSPS) is 10.5. The van der Waals surface area contributed by atoms with E-state index in [1.165, 1.54) is 24.7 Å². The number of ether oxygens (including phenoxy) is 1. The van der Waals surface area contributed by atoms with Gasteiger partial charge in [0, 0.05) is 17.8 Å². The highest BCUT2D eigenvalue weighted by Gasteiger charge is 2.10. The quantitative estimate of drug-likeness (QED) is 0.564. The Balaban J connectivity index is 1.95. The maximum atomic E-state index is 10.7. The Kier molecular flexibility index (Phi) is 3.91. The largest absolute Gasteiger partial charge is 0.477 e. The zero-order valence-electron chi connectivity index (χ0n) is 12.1. The Hall–Kier alpha value is -3.36. The van der Waals surface area contributed by atoms with E-state index in [9.17, 15) is 10.1 Å². The molecule has 2 heterocycles. The number of nitrogens with zero attached hydrogens (tertiary/aromatic N) is 5. The van der Waals surface area contributed by atoms with Crippen molar-refractivity contribution in [3.05, 3.63) is 46.9 Å². The van der Waals surface area contributed by atoms with Crippen LogP contribution in [0.15, 0.2) is 36.8 Å². The van der Waals surface area contributed by atoms with Gasteiger partial charge in [0.15, 0.2) is 17.0 Å². The minimum absolute atomic E-state index is 0.0153. The standard InChI is InChI=1S/C14H12N6O3/c1-2-23-11-7-15-13-12(19-11)14(17-8-16-13)18-9-3-5-10(6-4-9)20(21)22/h3-8H,2H2,1H3,(H,15,16,17,18). The number of rotatable bonds is 5. The molecule has 116 valence electrons. The van der Waals surface area contributed by atoms with Crippen molar-refractivity contribution >= 4 is 28.4 Å². The maximum Gasteiger partial charge on any atom is 0.269 e. The van der Waals surface area contributed by atoms with Gasteiger partial charge in [-0.2, -0.15) is 0 Å². The van der Waals surface area contributed by atoms with Gasteiger partial charge >= 0.3 is 0 Å². The zero-order chi connectivity index (χ0) is 16.2. The predicted molar refractivity (Wildman–Crippen MR) is 82.7 cm³/mol. The fraction of sp³-hybridized carbons (Fsp3) is 0.143. The Labute approximate surface area is 130 Å². The van der Waals surface area contributed by atoms with E-state index >= 15 is 0 Å². The van der Waals surface area contributed by atoms with Crippen molar-refractivity contribution in [2.45, 2.75) is 6.92 Å². The van der Waals surface area contributed by atoms with Crippen molar-refractivity contribution in [3.63, 3.8) is 0 Å². The number of fused-ring (bicyclic) bond motifs is 1. The van der Waals surface area contributed by atoms with Gasteiger partial charge < -0.3 is 10.1 Å². The van der Waals surface area contributed by atoms with E-state index in [0.29, 0.717) is 35.2 Å². The molecule has 23 heavy (non-hydrogen) atoms. The Morgan fingerprint density at radius 1 is 1.22 bits per heavy atom. The molecule has 3 rings (SSSR count). The van der Waals surface area contributed by atoms with E-state index in [2.05, 4.69) is 25.3 Å². The van der Waals surface area contributed by atoms with Gasteiger partial charge in [-0.1, -0.05) is 0 Å². The number of aromatic nitrogens is 4. The minimum atomic E-state index is -0.455. The first kappa shape index (κ1) is 14.6.